The number of hydrogen-bond acceptors (Lipinski definition) is 2. The van der Waals surface area contributed by atoms with Crippen molar-refractivity contribution < 1.29 is 9.53 Å². The maximum atomic E-state index is 11.9. The van der Waals surface area contributed by atoms with Gasteiger partial charge in [0.2, 0.25) is 0 Å². The highest BCUT2D eigenvalue weighted by molar-refractivity contribution is 5.89. The van der Waals surface area contributed by atoms with Gasteiger partial charge in [-0.05, 0) is 25.7 Å². The average Bonchev–Trinajstić information content (AvgIpc) is 2.35. The minimum absolute atomic E-state index is 0.0947. The van der Waals surface area contributed by atoms with Gasteiger partial charge in [-0.3, -0.25) is 0 Å². The van der Waals surface area contributed by atoms with E-state index in [1.807, 2.05) is 6.92 Å². The molecule has 0 radical (unpaired) electrons. The van der Waals surface area contributed by atoms with Crippen LogP contribution in [0.15, 0.2) is 11.1 Å². The van der Waals surface area contributed by atoms with Crippen molar-refractivity contribution >= 4 is 5.97 Å². The van der Waals surface area contributed by atoms with Crippen LogP contribution in [0.4, 0.5) is 0 Å². The zero-order chi connectivity index (χ0) is 13.1. The minimum Gasteiger partial charge on any atom is -0.462 e. The monoisotopic (exact) mass is 240 g/mol. The Labute approximate surface area is 106 Å². The first-order chi connectivity index (χ1) is 8.21. The molecule has 2 heteroatoms. The molecule has 0 aromatic rings. The largest absolute Gasteiger partial charge is 0.462 e. The van der Waals surface area contributed by atoms with Crippen molar-refractivity contribution in [3.05, 3.63) is 11.1 Å². The standard InChI is InChI=1S/C15H28O2/c1-5-9-10-11-12-17-15(16)14(8-4)13(6-2)7-3/h5-12H2,1-4H3. The predicted octanol–water partition coefficient (Wildman–Crippen LogP) is 4.64. The molecule has 0 saturated carbocycles. The lowest BCUT2D eigenvalue weighted by Gasteiger charge is -2.11. The van der Waals surface area contributed by atoms with Crippen LogP contribution >= 0.6 is 0 Å². The Kier molecular flexibility index (Phi) is 9.89. The first-order valence-corrected chi connectivity index (χ1v) is 7.09. The fourth-order valence-corrected chi connectivity index (χ4v) is 2.00. The number of ether oxygens (including phenoxy) is 1. The van der Waals surface area contributed by atoms with Gasteiger partial charge in [0.1, 0.15) is 0 Å². The van der Waals surface area contributed by atoms with E-state index in [9.17, 15) is 4.79 Å². The van der Waals surface area contributed by atoms with Crippen LogP contribution < -0.4 is 0 Å². The molecule has 0 aromatic carbocycles. The third-order valence-corrected chi connectivity index (χ3v) is 3.11. The van der Waals surface area contributed by atoms with Gasteiger partial charge in [-0.1, -0.05) is 52.5 Å². The van der Waals surface area contributed by atoms with E-state index in [1.54, 1.807) is 0 Å². The molecule has 0 unspecified atom stereocenters. The lowest BCUT2D eigenvalue weighted by atomic mass is 10.0. The molecule has 0 rings (SSSR count). The Morgan fingerprint density at radius 2 is 1.53 bits per heavy atom. The van der Waals surface area contributed by atoms with E-state index >= 15 is 0 Å². The van der Waals surface area contributed by atoms with Gasteiger partial charge < -0.3 is 4.74 Å². The molecule has 0 aromatic heterocycles. The van der Waals surface area contributed by atoms with Crippen LogP contribution in [0.25, 0.3) is 0 Å². The van der Waals surface area contributed by atoms with Crippen LogP contribution in [-0.4, -0.2) is 12.6 Å². The third kappa shape index (κ3) is 6.50. The molecule has 0 atom stereocenters. The van der Waals surface area contributed by atoms with E-state index in [1.165, 1.54) is 18.4 Å². The summed E-state index contributed by atoms with van der Waals surface area (Å²) in [4.78, 5) is 11.9. The van der Waals surface area contributed by atoms with Crippen LogP contribution in [0.1, 0.15) is 72.6 Å². The normalized spacial score (nSPS) is 10.1. The van der Waals surface area contributed by atoms with Crippen LogP contribution in [-0.2, 0) is 9.53 Å². The number of carbonyl (C=O) groups excluding carboxylic acids is 1. The molecule has 0 aliphatic rings. The second-order valence-electron chi connectivity index (χ2n) is 4.34. The highest BCUT2D eigenvalue weighted by atomic mass is 16.5. The fourth-order valence-electron chi connectivity index (χ4n) is 2.00. The van der Waals surface area contributed by atoms with Gasteiger partial charge >= 0.3 is 5.97 Å². The zero-order valence-corrected chi connectivity index (χ0v) is 12.0. The molecular weight excluding hydrogens is 212 g/mol. The molecule has 0 fully saturated rings. The van der Waals surface area contributed by atoms with Gasteiger partial charge in [0.25, 0.3) is 0 Å². The maximum Gasteiger partial charge on any atom is 0.333 e. The number of rotatable bonds is 9. The summed E-state index contributed by atoms with van der Waals surface area (Å²) in [5.74, 6) is -0.0947. The van der Waals surface area contributed by atoms with Gasteiger partial charge in [0.15, 0.2) is 0 Å². The summed E-state index contributed by atoms with van der Waals surface area (Å²) < 4.78 is 5.33. The van der Waals surface area contributed by atoms with E-state index < -0.39 is 0 Å². The van der Waals surface area contributed by atoms with Crippen molar-refractivity contribution in [2.24, 2.45) is 0 Å². The molecule has 0 heterocycles. The van der Waals surface area contributed by atoms with E-state index in [4.69, 9.17) is 4.74 Å². The topological polar surface area (TPSA) is 26.3 Å². The molecule has 17 heavy (non-hydrogen) atoms. The number of esters is 1. The number of carbonyl (C=O) groups is 1. The Hall–Kier alpha value is -0.790. The third-order valence-electron chi connectivity index (χ3n) is 3.11. The van der Waals surface area contributed by atoms with E-state index in [-0.39, 0.29) is 5.97 Å². The summed E-state index contributed by atoms with van der Waals surface area (Å²) in [6, 6.07) is 0. The molecule has 0 aliphatic heterocycles. The van der Waals surface area contributed by atoms with E-state index in [0.717, 1.165) is 37.7 Å². The molecule has 0 aliphatic carbocycles. The number of allylic oxidation sites excluding steroid dienone is 1. The maximum absolute atomic E-state index is 11.9. The molecule has 0 saturated heterocycles. The summed E-state index contributed by atoms with van der Waals surface area (Å²) in [5, 5.41) is 0. The quantitative estimate of drug-likeness (QED) is 0.333. The fraction of sp³-hybridized carbons (Fsp3) is 0.800. The SMILES string of the molecule is CCCCCCOC(=O)C(CC)=C(CC)CC. The molecule has 0 N–H and O–H groups in total. The lowest BCUT2D eigenvalue weighted by Crippen LogP contribution is -2.11. The lowest BCUT2D eigenvalue weighted by molar-refractivity contribution is -0.139. The van der Waals surface area contributed by atoms with Gasteiger partial charge in [-0.15, -0.1) is 0 Å². The second kappa shape index (κ2) is 10.4. The second-order valence-corrected chi connectivity index (χ2v) is 4.34. The Bertz CT molecular complexity index is 235. The molecular formula is C15H28O2. The zero-order valence-electron chi connectivity index (χ0n) is 12.0. The summed E-state index contributed by atoms with van der Waals surface area (Å²) in [6.45, 7) is 8.98. The number of hydrogen-bond donors (Lipinski definition) is 0. The molecule has 0 spiro atoms. The van der Waals surface area contributed by atoms with Crippen molar-refractivity contribution in [1.82, 2.24) is 0 Å². The van der Waals surface area contributed by atoms with Crippen molar-refractivity contribution in [2.45, 2.75) is 72.6 Å². The Morgan fingerprint density at radius 1 is 0.882 bits per heavy atom. The van der Waals surface area contributed by atoms with Crippen LogP contribution in [0.5, 0.6) is 0 Å². The van der Waals surface area contributed by atoms with E-state index in [0.29, 0.717) is 6.61 Å². The van der Waals surface area contributed by atoms with Crippen LogP contribution in [0.2, 0.25) is 0 Å². The molecule has 2 nitrogen and oxygen atoms in total. The van der Waals surface area contributed by atoms with Crippen LogP contribution in [0, 0.1) is 0 Å². The van der Waals surface area contributed by atoms with Crippen molar-refractivity contribution in [1.29, 1.82) is 0 Å². The summed E-state index contributed by atoms with van der Waals surface area (Å²) in [5.41, 5.74) is 2.14. The summed E-state index contributed by atoms with van der Waals surface area (Å²) >= 11 is 0. The highest BCUT2D eigenvalue weighted by Gasteiger charge is 2.12. The Balaban J connectivity index is 4.13. The Morgan fingerprint density at radius 3 is 2.00 bits per heavy atom. The molecule has 0 amide bonds. The summed E-state index contributed by atoms with van der Waals surface area (Å²) in [6.07, 6.45) is 7.26. The van der Waals surface area contributed by atoms with Crippen molar-refractivity contribution in [3.8, 4) is 0 Å². The first-order valence-electron chi connectivity index (χ1n) is 7.09. The van der Waals surface area contributed by atoms with Gasteiger partial charge in [0.05, 0.1) is 6.61 Å². The van der Waals surface area contributed by atoms with Crippen molar-refractivity contribution in [2.75, 3.05) is 6.61 Å². The van der Waals surface area contributed by atoms with Crippen molar-refractivity contribution in [3.63, 3.8) is 0 Å². The summed E-state index contributed by atoms with van der Waals surface area (Å²) in [7, 11) is 0. The van der Waals surface area contributed by atoms with Gasteiger partial charge in [-0.2, -0.15) is 0 Å². The average molecular weight is 240 g/mol. The number of unbranched alkanes of at least 4 members (excludes halogenated alkanes) is 3. The first kappa shape index (κ1) is 16.2. The van der Waals surface area contributed by atoms with Gasteiger partial charge in [-0.25, -0.2) is 4.79 Å². The molecule has 100 valence electrons. The smallest absolute Gasteiger partial charge is 0.333 e. The molecule has 0 bridgehead atoms. The van der Waals surface area contributed by atoms with E-state index in [2.05, 4.69) is 20.8 Å². The minimum atomic E-state index is -0.0947. The van der Waals surface area contributed by atoms with Crippen LogP contribution in [0.3, 0.4) is 0 Å². The van der Waals surface area contributed by atoms with Gasteiger partial charge in [0, 0.05) is 5.57 Å². The highest BCUT2D eigenvalue weighted by Crippen LogP contribution is 2.17. The predicted molar refractivity (Wildman–Crippen MR) is 73.0 cm³/mol.